The highest BCUT2D eigenvalue weighted by Gasteiger charge is 2.06. The van der Waals surface area contributed by atoms with E-state index in [2.05, 4.69) is 6.07 Å². The predicted molar refractivity (Wildman–Crippen MR) is 60.3 cm³/mol. The van der Waals surface area contributed by atoms with Gasteiger partial charge in [-0.2, -0.15) is 5.26 Å². The number of hydrogen-bond donors (Lipinski definition) is 0. The van der Waals surface area contributed by atoms with Crippen molar-refractivity contribution in [2.75, 3.05) is 18.5 Å². The molecule has 4 heteroatoms. The van der Waals surface area contributed by atoms with Crippen molar-refractivity contribution in [3.8, 4) is 6.07 Å². The lowest BCUT2D eigenvalue weighted by atomic mass is 10.2. The lowest BCUT2D eigenvalue weighted by Gasteiger charge is -2.19. The molecule has 0 fully saturated rings. The number of carbonyl (C=O) groups is 1. The van der Waals surface area contributed by atoms with Crippen LogP contribution in [0.25, 0.3) is 0 Å². The molecule has 0 saturated carbocycles. The van der Waals surface area contributed by atoms with Crippen molar-refractivity contribution in [2.24, 2.45) is 0 Å². The second-order valence-electron chi connectivity index (χ2n) is 3.15. The molecular formula is C11H11ClN2O. The fraction of sp³-hybridized carbons (Fsp3) is 0.273. The monoisotopic (exact) mass is 222 g/mol. The maximum atomic E-state index is 10.8. The van der Waals surface area contributed by atoms with E-state index in [1.165, 1.54) is 0 Å². The van der Waals surface area contributed by atoms with Crippen molar-refractivity contribution >= 4 is 23.6 Å². The third-order valence-corrected chi connectivity index (χ3v) is 2.32. The maximum absolute atomic E-state index is 10.8. The van der Waals surface area contributed by atoms with Gasteiger partial charge in [0.25, 0.3) is 0 Å². The molecule has 78 valence electrons. The molecular weight excluding hydrogens is 212 g/mol. The second kappa shape index (κ2) is 5.38. The molecule has 1 aromatic carbocycles. The van der Waals surface area contributed by atoms with E-state index in [0.717, 1.165) is 12.0 Å². The third kappa shape index (κ3) is 2.97. The van der Waals surface area contributed by atoms with Gasteiger partial charge in [0.15, 0.2) is 6.29 Å². The van der Waals surface area contributed by atoms with Gasteiger partial charge in [-0.25, -0.2) is 0 Å². The Morgan fingerprint density at radius 1 is 1.60 bits per heavy atom. The van der Waals surface area contributed by atoms with E-state index >= 15 is 0 Å². The Hall–Kier alpha value is -1.53. The molecule has 0 unspecified atom stereocenters. The zero-order valence-electron chi connectivity index (χ0n) is 8.40. The number of aldehydes is 1. The van der Waals surface area contributed by atoms with Crippen molar-refractivity contribution in [1.29, 1.82) is 5.26 Å². The highest BCUT2D eigenvalue weighted by Crippen LogP contribution is 2.22. The fourth-order valence-electron chi connectivity index (χ4n) is 1.31. The second-order valence-corrected chi connectivity index (χ2v) is 3.59. The number of carbonyl (C=O) groups excluding carboxylic acids is 1. The molecule has 0 amide bonds. The molecule has 3 nitrogen and oxygen atoms in total. The molecule has 1 rings (SSSR count). The molecule has 0 heterocycles. The molecule has 0 saturated heterocycles. The number of halogens is 1. The molecule has 0 radical (unpaired) electrons. The van der Waals surface area contributed by atoms with Crippen molar-refractivity contribution in [2.45, 2.75) is 6.42 Å². The summed E-state index contributed by atoms with van der Waals surface area (Å²) in [6.07, 6.45) is 1.20. The molecule has 0 atom stereocenters. The van der Waals surface area contributed by atoms with E-state index in [1.807, 2.05) is 11.9 Å². The van der Waals surface area contributed by atoms with Gasteiger partial charge in [-0.15, -0.1) is 0 Å². The Bertz CT molecular complexity index is 398. The minimum Gasteiger partial charge on any atom is -0.373 e. The maximum Gasteiger partial charge on any atom is 0.152 e. The van der Waals surface area contributed by atoms with Crippen LogP contribution in [0.5, 0.6) is 0 Å². The first-order chi connectivity index (χ1) is 7.19. The summed E-state index contributed by atoms with van der Waals surface area (Å²) in [7, 11) is 1.84. The van der Waals surface area contributed by atoms with Crippen LogP contribution in [0.2, 0.25) is 5.02 Å². The lowest BCUT2D eigenvalue weighted by Crippen LogP contribution is -2.19. The summed E-state index contributed by atoms with van der Waals surface area (Å²) < 4.78 is 0. The predicted octanol–water partition coefficient (Wildman–Crippen LogP) is 2.50. The largest absolute Gasteiger partial charge is 0.373 e. The van der Waals surface area contributed by atoms with E-state index < -0.39 is 0 Å². The first kappa shape index (κ1) is 11.5. The standard InChI is InChI=1S/C11H11ClN2O/c1-14(6-2-5-13)11-4-3-10(12)7-9(11)8-15/h3-4,7-8H,2,6H2,1H3. The first-order valence-corrected chi connectivity index (χ1v) is 4.89. The molecule has 0 aliphatic carbocycles. The highest BCUT2D eigenvalue weighted by atomic mass is 35.5. The quantitative estimate of drug-likeness (QED) is 0.736. The SMILES string of the molecule is CN(CCC#N)c1ccc(Cl)cc1C=O. The average molecular weight is 223 g/mol. The topological polar surface area (TPSA) is 44.1 Å². The summed E-state index contributed by atoms with van der Waals surface area (Å²) in [5.74, 6) is 0. The van der Waals surface area contributed by atoms with Gasteiger partial charge in [-0.05, 0) is 18.2 Å². The van der Waals surface area contributed by atoms with Gasteiger partial charge in [0, 0.05) is 29.9 Å². The minimum absolute atomic E-state index is 0.428. The van der Waals surface area contributed by atoms with E-state index in [4.69, 9.17) is 16.9 Å². The van der Waals surface area contributed by atoms with Crippen LogP contribution in [0.1, 0.15) is 16.8 Å². The average Bonchev–Trinajstić information content (AvgIpc) is 2.25. The van der Waals surface area contributed by atoms with Gasteiger partial charge >= 0.3 is 0 Å². The minimum atomic E-state index is 0.428. The molecule has 0 bridgehead atoms. The normalized spacial score (nSPS) is 9.40. The van der Waals surface area contributed by atoms with Crippen LogP contribution >= 0.6 is 11.6 Å². The Balaban J connectivity index is 2.93. The highest BCUT2D eigenvalue weighted by molar-refractivity contribution is 6.31. The molecule has 0 aliphatic rings. The summed E-state index contributed by atoms with van der Waals surface area (Å²) in [4.78, 5) is 12.7. The van der Waals surface area contributed by atoms with Crippen LogP contribution in [0, 0.1) is 11.3 Å². The number of nitriles is 1. The van der Waals surface area contributed by atoms with Crippen LogP contribution in [-0.4, -0.2) is 19.9 Å². The van der Waals surface area contributed by atoms with Crippen LogP contribution in [-0.2, 0) is 0 Å². The zero-order valence-corrected chi connectivity index (χ0v) is 9.16. The Morgan fingerprint density at radius 2 is 2.33 bits per heavy atom. The fourth-order valence-corrected chi connectivity index (χ4v) is 1.49. The van der Waals surface area contributed by atoms with Crippen LogP contribution in [0.3, 0.4) is 0 Å². The summed E-state index contributed by atoms with van der Waals surface area (Å²) in [6.45, 7) is 0.596. The first-order valence-electron chi connectivity index (χ1n) is 4.52. The smallest absolute Gasteiger partial charge is 0.152 e. The number of nitrogens with zero attached hydrogens (tertiary/aromatic N) is 2. The van der Waals surface area contributed by atoms with Crippen molar-refractivity contribution < 1.29 is 4.79 Å². The van der Waals surface area contributed by atoms with Crippen LogP contribution < -0.4 is 4.90 Å². The summed E-state index contributed by atoms with van der Waals surface area (Å²) in [5, 5.41) is 9.00. The lowest BCUT2D eigenvalue weighted by molar-refractivity contribution is 0.112. The van der Waals surface area contributed by atoms with Crippen molar-refractivity contribution in [3.05, 3.63) is 28.8 Å². The van der Waals surface area contributed by atoms with Crippen LogP contribution in [0.15, 0.2) is 18.2 Å². The van der Waals surface area contributed by atoms with Gasteiger partial charge in [0.05, 0.1) is 12.5 Å². The molecule has 15 heavy (non-hydrogen) atoms. The van der Waals surface area contributed by atoms with Gasteiger partial charge in [0.2, 0.25) is 0 Å². The Labute approximate surface area is 93.9 Å². The number of rotatable bonds is 4. The van der Waals surface area contributed by atoms with Gasteiger partial charge < -0.3 is 4.90 Å². The molecule has 0 spiro atoms. The number of benzene rings is 1. The van der Waals surface area contributed by atoms with Gasteiger partial charge in [-0.1, -0.05) is 11.6 Å². The zero-order chi connectivity index (χ0) is 11.3. The summed E-state index contributed by atoms with van der Waals surface area (Å²) >= 11 is 5.77. The third-order valence-electron chi connectivity index (χ3n) is 2.09. The van der Waals surface area contributed by atoms with Crippen LogP contribution in [0.4, 0.5) is 5.69 Å². The Morgan fingerprint density at radius 3 is 2.93 bits per heavy atom. The number of hydrogen-bond acceptors (Lipinski definition) is 3. The number of anilines is 1. The molecule has 0 aliphatic heterocycles. The summed E-state index contributed by atoms with van der Waals surface area (Å²) in [6, 6.07) is 7.19. The summed E-state index contributed by atoms with van der Waals surface area (Å²) in [5.41, 5.74) is 1.34. The van der Waals surface area contributed by atoms with Crippen molar-refractivity contribution in [3.63, 3.8) is 0 Å². The van der Waals surface area contributed by atoms with Gasteiger partial charge in [0.1, 0.15) is 0 Å². The van der Waals surface area contributed by atoms with E-state index in [-0.39, 0.29) is 0 Å². The van der Waals surface area contributed by atoms with Crippen molar-refractivity contribution in [1.82, 2.24) is 0 Å². The van der Waals surface area contributed by atoms with Gasteiger partial charge in [-0.3, -0.25) is 4.79 Å². The molecule has 0 aromatic heterocycles. The van der Waals surface area contributed by atoms with E-state index in [0.29, 0.717) is 23.6 Å². The van der Waals surface area contributed by atoms with E-state index in [1.54, 1.807) is 18.2 Å². The molecule has 0 N–H and O–H groups in total. The Kier molecular flexibility index (Phi) is 4.14. The van der Waals surface area contributed by atoms with E-state index in [9.17, 15) is 4.79 Å². The molecule has 1 aromatic rings.